The van der Waals surface area contributed by atoms with Crippen molar-refractivity contribution in [2.24, 2.45) is 0 Å². The Labute approximate surface area is 140 Å². The number of carbonyl (C=O) groups excluding carboxylic acids is 1. The highest BCUT2D eigenvalue weighted by Gasteiger charge is 2.17. The van der Waals surface area contributed by atoms with E-state index < -0.39 is 0 Å². The van der Waals surface area contributed by atoms with Crippen molar-refractivity contribution in [3.63, 3.8) is 0 Å². The number of amides is 2. The number of anilines is 2. The van der Waals surface area contributed by atoms with Crippen LogP contribution in [0.4, 0.5) is 16.2 Å². The van der Waals surface area contributed by atoms with Crippen LogP contribution in [0.3, 0.4) is 0 Å². The van der Waals surface area contributed by atoms with Crippen LogP contribution in [0.5, 0.6) is 0 Å². The molecule has 24 heavy (non-hydrogen) atoms. The summed E-state index contributed by atoms with van der Waals surface area (Å²) in [5, 5.41) is 10.4. The average molecular weight is 320 g/mol. The molecule has 1 aliphatic heterocycles. The van der Waals surface area contributed by atoms with E-state index in [1.807, 2.05) is 36.5 Å². The van der Waals surface area contributed by atoms with Gasteiger partial charge in [-0.2, -0.15) is 0 Å². The Morgan fingerprint density at radius 3 is 3.00 bits per heavy atom. The number of carbonyl (C=O) groups is 1. The van der Waals surface area contributed by atoms with Crippen molar-refractivity contribution in [3.05, 3.63) is 60.3 Å². The van der Waals surface area contributed by atoms with Gasteiger partial charge in [0.25, 0.3) is 0 Å². The maximum Gasteiger partial charge on any atom is 0.319 e. The summed E-state index contributed by atoms with van der Waals surface area (Å²) in [6, 6.07) is 16.2. The molecule has 0 bridgehead atoms. The van der Waals surface area contributed by atoms with E-state index >= 15 is 0 Å². The second kappa shape index (κ2) is 6.28. The number of aryl methyl sites for hydroxylation is 1. The summed E-state index contributed by atoms with van der Waals surface area (Å²) < 4.78 is 0. The van der Waals surface area contributed by atoms with Crippen LogP contribution < -0.4 is 16.0 Å². The first kappa shape index (κ1) is 14.6. The third kappa shape index (κ3) is 2.93. The molecule has 0 fully saturated rings. The van der Waals surface area contributed by atoms with Gasteiger partial charge in [-0.25, -0.2) is 4.79 Å². The molecule has 0 saturated heterocycles. The second-order valence-electron chi connectivity index (χ2n) is 6.12. The van der Waals surface area contributed by atoms with Gasteiger partial charge in [-0.1, -0.05) is 24.3 Å². The van der Waals surface area contributed by atoms with Crippen molar-refractivity contribution in [1.29, 1.82) is 0 Å². The summed E-state index contributed by atoms with van der Waals surface area (Å²) >= 11 is 0. The molecule has 0 spiro atoms. The Hall–Kier alpha value is -2.95. The lowest BCUT2D eigenvalue weighted by Crippen LogP contribution is -2.40. The number of fused-ring (bicyclic) bond motifs is 2. The molecular weight excluding hydrogens is 300 g/mol. The fourth-order valence-electron chi connectivity index (χ4n) is 3.23. The number of urea groups is 1. The van der Waals surface area contributed by atoms with Gasteiger partial charge >= 0.3 is 6.03 Å². The monoisotopic (exact) mass is 320 g/mol. The standard InChI is InChI=1S/C19H20N4O/c24-19(23-18-7-3-6-17-15(18)10-11-20-17)21-12-14-9-8-13-4-1-2-5-16(13)22-14/h1-7,10-11,14,20,22H,8-9,12H2,(H2,21,23,24). The number of nitrogens with one attached hydrogen (secondary N) is 4. The minimum Gasteiger partial charge on any atom is -0.380 e. The Morgan fingerprint density at radius 2 is 2.04 bits per heavy atom. The molecule has 1 aromatic heterocycles. The molecule has 5 heteroatoms. The van der Waals surface area contributed by atoms with Crippen LogP contribution in [0.15, 0.2) is 54.7 Å². The molecule has 4 N–H and O–H groups in total. The summed E-state index contributed by atoms with van der Waals surface area (Å²) in [5.74, 6) is 0. The number of H-pyrrole nitrogens is 1. The van der Waals surface area contributed by atoms with Gasteiger partial charge in [-0.15, -0.1) is 0 Å². The molecule has 2 heterocycles. The zero-order chi connectivity index (χ0) is 16.4. The molecule has 2 aromatic carbocycles. The first-order valence-electron chi connectivity index (χ1n) is 8.25. The van der Waals surface area contributed by atoms with Crippen LogP contribution in [0.25, 0.3) is 10.9 Å². The third-order valence-corrected chi connectivity index (χ3v) is 4.49. The minimum atomic E-state index is -0.177. The zero-order valence-corrected chi connectivity index (χ0v) is 13.3. The van der Waals surface area contributed by atoms with Gasteiger partial charge in [-0.3, -0.25) is 0 Å². The van der Waals surface area contributed by atoms with Crippen molar-refractivity contribution < 1.29 is 4.79 Å². The van der Waals surface area contributed by atoms with Crippen molar-refractivity contribution in [3.8, 4) is 0 Å². The van der Waals surface area contributed by atoms with Crippen molar-refractivity contribution in [2.45, 2.75) is 18.9 Å². The van der Waals surface area contributed by atoms with E-state index in [1.165, 1.54) is 11.3 Å². The largest absolute Gasteiger partial charge is 0.380 e. The van der Waals surface area contributed by atoms with E-state index in [-0.39, 0.29) is 12.1 Å². The smallest absolute Gasteiger partial charge is 0.319 e. The number of rotatable bonds is 3. The molecule has 0 radical (unpaired) electrons. The SMILES string of the molecule is O=C(NCC1CCc2ccccc2N1)Nc1cccc2[nH]ccc12. The minimum absolute atomic E-state index is 0.177. The van der Waals surface area contributed by atoms with Crippen molar-refractivity contribution in [2.75, 3.05) is 17.2 Å². The van der Waals surface area contributed by atoms with Gasteiger partial charge in [-0.05, 0) is 42.7 Å². The van der Waals surface area contributed by atoms with Crippen LogP contribution >= 0.6 is 0 Å². The summed E-state index contributed by atoms with van der Waals surface area (Å²) in [6.45, 7) is 0.600. The summed E-state index contributed by atoms with van der Waals surface area (Å²) in [7, 11) is 0. The predicted octanol–water partition coefficient (Wildman–Crippen LogP) is 3.72. The van der Waals surface area contributed by atoms with Gasteiger partial charge < -0.3 is 20.9 Å². The lowest BCUT2D eigenvalue weighted by Gasteiger charge is -2.27. The number of benzene rings is 2. The van der Waals surface area contributed by atoms with Crippen molar-refractivity contribution >= 4 is 28.3 Å². The van der Waals surface area contributed by atoms with E-state index in [4.69, 9.17) is 0 Å². The molecule has 4 rings (SSSR count). The lowest BCUT2D eigenvalue weighted by molar-refractivity contribution is 0.251. The fourth-order valence-corrected chi connectivity index (χ4v) is 3.23. The molecule has 3 aromatic rings. The first-order chi connectivity index (χ1) is 11.8. The number of hydrogen-bond acceptors (Lipinski definition) is 2. The predicted molar refractivity (Wildman–Crippen MR) is 97.5 cm³/mol. The number of aromatic nitrogens is 1. The molecule has 1 unspecified atom stereocenters. The number of aromatic amines is 1. The zero-order valence-electron chi connectivity index (χ0n) is 13.3. The fraction of sp³-hybridized carbons (Fsp3) is 0.211. The van der Waals surface area contributed by atoms with Crippen LogP contribution in [0, 0.1) is 0 Å². The average Bonchev–Trinajstić information content (AvgIpc) is 3.10. The van der Waals surface area contributed by atoms with Gasteiger partial charge in [0.15, 0.2) is 0 Å². The topological polar surface area (TPSA) is 69.0 Å². The Bertz CT molecular complexity index is 870. The molecule has 1 aliphatic rings. The van der Waals surface area contributed by atoms with Crippen LogP contribution in [-0.4, -0.2) is 23.6 Å². The van der Waals surface area contributed by atoms with Gasteiger partial charge in [0.05, 0.1) is 5.69 Å². The van der Waals surface area contributed by atoms with E-state index in [9.17, 15) is 4.79 Å². The highest BCUT2D eigenvalue weighted by molar-refractivity contribution is 6.00. The molecule has 122 valence electrons. The Balaban J connectivity index is 1.35. The van der Waals surface area contributed by atoms with Gasteiger partial charge in [0.1, 0.15) is 0 Å². The van der Waals surface area contributed by atoms with Gasteiger partial charge in [0, 0.05) is 35.4 Å². The van der Waals surface area contributed by atoms with Crippen LogP contribution in [0.2, 0.25) is 0 Å². The van der Waals surface area contributed by atoms with Crippen molar-refractivity contribution in [1.82, 2.24) is 10.3 Å². The normalized spacial score (nSPS) is 16.2. The number of para-hydroxylation sites is 1. The molecule has 0 saturated carbocycles. The quantitative estimate of drug-likeness (QED) is 0.594. The highest BCUT2D eigenvalue weighted by atomic mass is 16.2. The molecule has 5 nitrogen and oxygen atoms in total. The maximum absolute atomic E-state index is 12.2. The van der Waals surface area contributed by atoms with E-state index in [0.717, 1.165) is 29.4 Å². The molecule has 0 aliphatic carbocycles. The molecule has 1 atom stereocenters. The lowest BCUT2D eigenvalue weighted by atomic mass is 9.98. The highest BCUT2D eigenvalue weighted by Crippen LogP contribution is 2.24. The Morgan fingerprint density at radius 1 is 1.12 bits per heavy atom. The first-order valence-corrected chi connectivity index (χ1v) is 8.25. The van der Waals surface area contributed by atoms with E-state index in [0.29, 0.717) is 6.54 Å². The van der Waals surface area contributed by atoms with E-state index in [1.54, 1.807) is 0 Å². The maximum atomic E-state index is 12.2. The number of hydrogen-bond donors (Lipinski definition) is 4. The third-order valence-electron chi connectivity index (χ3n) is 4.49. The van der Waals surface area contributed by atoms with Crippen LogP contribution in [-0.2, 0) is 6.42 Å². The van der Waals surface area contributed by atoms with Crippen LogP contribution in [0.1, 0.15) is 12.0 Å². The Kier molecular flexibility index (Phi) is 3.83. The summed E-state index contributed by atoms with van der Waals surface area (Å²) in [5.41, 5.74) is 4.34. The van der Waals surface area contributed by atoms with Gasteiger partial charge in [0.2, 0.25) is 0 Å². The molecular formula is C19H20N4O. The summed E-state index contributed by atoms with van der Waals surface area (Å²) in [4.78, 5) is 15.4. The summed E-state index contributed by atoms with van der Waals surface area (Å²) in [6.07, 6.45) is 3.93. The van der Waals surface area contributed by atoms with E-state index in [2.05, 4.69) is 39.1 Å². The molecule has 2 amide bonds. The second-order valence-corrected chi connectivity index (χ2v) is 6.12.